The summed E-state index contributed by atoms with van der Waals surface area (Å²) in [6.07, 6.45) is 1.56. The highest BCUT2D eigenvalue weighted by molar-refractivity contribution is 9.10. The molecule has 0 aliphatic rings. The summed E-state index contributed by atoms with van der Waals surface area (Å²) in [6, 6.07) is 10.7. The Bertz CT molecular complexity index is 637. The van der Waals surface area contributed by atoms with Crippen molar-refractivity contribution >= 4 is 21.7 Å². The Balaban J connectivity index is 2.20. The number of pyridine rings is 1. The molecule has 1 heterocycles. The maximum absolute atomic E-state index is 13.8. The Hall–Kier alpha value is -1.93. The van der Waals surface area contributed by atoms with Crippen molar-refractivity contribution in [3.63, 3.8) is 0 Å². The molecule has 3 nitrogen and oxygen atoms in total. The minimum absolute atomic E-state index is 0.283. The lowest BCUT2D eigenvalue weighted by molar-refractivity contribution is 0.613. The summed E-state index contributed by atoms with van der Waals surface area (Å²) in [5, 5.41) is 8.85. The van der Waals surface area contributed by atoms with Gasteiger partial charge >= 0.3 is 0 Å². The molecule has 0 unspecified atom stereocenters. The standard InChI is InChI=1S/C14H11BrFN3/c1-19(14-13(16)6-12(15)8-18-14)9-11-4-2-3-10(5-11)7-17/h2-6,8H,9H2,1H3. The van der Waals surface area contributed by atoms with Crippen molar-refractivity contribution in [1.82, 2.24) is 4.98 Å². The molecular weight excluding hydrogens is 309 g/mol. The number of nitrogens with zero attached hydrogens (tertiary/aromatic N) is 3. The minimum Gasteiger partial charge on any atom is -0.353 e. The van der Waals surface area contributed by atoms with Gasteiger partial charge in [0.2, 0.25) is 0 Å². The summed E-state index contributed by atoms with van der Waals surface area (Å²) < 4.78 is 14.4. The lowest BCUT2D eigenvalue weighted by Crippen LogP contribution is -2.19. The number of benzene rings is 1. The fourth-order valence-electron chi connectivity index (χ4n) is 1.78. The minimum atomic E-state index is -0.381. The molecule has 0 amide bonds. The Morgan fingerprint density at radius 1 is 1.42 bits per heavy atom. The van der Waals surface area contributed by atoms with Crippen molar-refractivity contribution in [3.05, 3.63) is 57.9 Å². The summed E-state index contributed by atoms with van der Waals surface area (Å²) in [5.41, 5.74) is 1.53. The molecular formula is C14H11BrFN3. The molecule has 2 aromatic rings. The smallest absolute Gasteiger partial charge is 0.166 e. The Labute approximate surface area is 119 Å². The van der Waals surface area contributed by atoms with E-state index in [1.165, 1.54) is 6.07 Å². The van der Waals surface area contributed by atoms with Crippen LogP contribution in [-0.4, -0.2) is 12.0 Å². The van der Waals surface area contributed by atoms with Gasteiger partial charge in [0.15, 0.2) is 11.6 Å². The first kappa shape index (κ1) is 13.5. The molecule has 1 aromatic carbocycles. The molecule has 2 rings (SSSR count). The topological polar surface area (TPSA) is 39.9 Å². The number of hydrogen-bond donors (Lipinski definition) is 0. The molecule has 5 heteroatoms. The number of nitriles is 1. The van der Waals surface area contributed by atoms with E-state index in [1.807, 2.05) is 12.1 Å². The highest BCUT2D eigenvalue weighted by Crippen LogP contribution is 2.20. The first-order chi connectivity index (χ1) is 9.10. The second kappa shape index (κ2) is 5.81. The van der Waals surface area contributed by atoms with Crippen LogP contribution in [0.4, 0.5) is 10.2 Å². The van der Waals surface area contributed by atoms with E-state index < -0.39 is 0 Å². The van der Waals surface area contributed by atoms with Gasteiger partial charge in [-0.05, 0) is 39.7 Å². The Morgan fingerprint density at radius 3 is 2.89 bits per heavy atom. The van der Waals surface area contributed by atoms with Crippen LogP contribution in [0.15, 0.2) is 41.0 Å². The quantitative estimate of drug-likeness (QED) is 0.869. The summed E-state index contributed by atoms with van der Waals surface area (Å²) >= 11 is 3.17. The monoisotopic (exact) mass is 319 g/mol. The lowest BCUT2D eigenvalue weighted by atomic mass is 10.1. The van der Waals surface area contributed by atoms with E-state index in [9.17, 15) is 4.39 Å². The third-order valence-corrected chi connectivity index (χ3v) is 3.06. The van der Waals surface area contributed by atoms with Crippen LogP contribution >= 0.6 is 15.9 Å². The van der Waals surface area contributed by atoms with Crippen molar-refractivity contribution in [1.29, 1.82) is 5.26 Å². The number of anilines is 1. The van der Waals surface area contributed by atoms with E-state index in [-0.39, 0.29) is 11.6 Å². The van der Waals surface area contributed by atoms with E-state index in [2.05, 4.69) is 27.0 Å². The first-order valence-electron chi connectivity index (χ1n) is 5.61. The van der Waals surface area contributed by atoms with Crippen molar-refractivity contribution in [2.45, 2.75) is 6.54 Å². The van der Waals surface area contributed by atoms with Gasteiger partial charge in [-0.3, -0.25) is 0 Å². The third kappa shape index (κ3) is 3.30. The number of rotatable bonds is 3. The predicted octanol–water partition coefficient (Wildman–Crippen LogP) is 3.49. The van der Waals surface area contributed by atoms with Crippen LogP contribution in [0.25, 0.3) is 0 Å². The molecule has 0 aliphatic carbocycles. The predicted molar refractivity (Wildman–Crippen MR) is 75.2 cm³/mol. The molecule has 19 heavy (non-hydrogen) atoms. The first-order valence-corrected chi connectivity index (χ1v) is 6.40. The molecule has 0 fully saturated rings. The third-order valence-electron chi connectivity index (χ3n) is 2.63. The fourth-order valence-corrected chi connectivity index (χ4v) is 2.08. The molecule has 1 aromatic heterocycles. The average Bonchev–Trinajstić information content (AvgIpc) is 2.38. The lowest BCUT2D eigenvalue weighted by Gasteiger charge is -2.18. The van der Waals surface area contributed by atoms with Gasteiger partial charge in [0.25, 0.3) is 0 Å². The van der Waals surface area contributed by atoms with Gasteiger partial charge in [-0.2, -0.15) is 5.26 Å². The van der Waals surface area contributed by atoms with Gasteiger partial charge in [-0.15, -0.1) is 0 Å². The maximum atomic E-state index is 13.8. The Morgan fingerprint density at radius 2 is 2.21 bits per heavy atom. The van der Waals surface area contributed by atoms with Crippen molar-refractivity contribution in [2.75, 3.05) is 11.9 Å². The van der Waals surface area contributed by atoms with Crippen LogP contribution in [0.3, 0.4) is 0 Å². The summed E-state index contributed by atoms with van der Waals surface area (Å²) in [4.78, 5) is 5.76. The summed E-state index contributed by atoms with van der Waals surface area (Å²) in [6.45, 7) is 0.487. The zero-order valence-electron chi connectivity index (χ0n) is 10.3. The van der Waals surface area contributed by atoms with Crippen molar-refractivity contribution in [2.24, 2.45) is 0 Å². The van der Waals surface area contributed by atoms with E-state index >= 15 is 0 Å². The molecule has 0 spiro atoms. The molecule has 0 saturated heterocycles. The summed E-state index contributed by atoms with van der Waals surface area (Å²) in [7, 11) is 1.76. The highest BCUT2D eigenvalue weighted by atomic mass is 79.9. The zero-order chi connectivity index (χ0) is 13.8. The second-order valence-electron chi connectivity index (χ2n) is 4.13. The molecule has 0 atom stereocenters. The van der Waals surface area contributed by atoms with Crippen LogP contribution in [0.2, 0.25) is 0 Å². The van der Waals surface area contributed by atoms with E-state index in [0.29, 0.717) is 16.6 Å². The van der Waals surface area contributed by atoms with Crippen LogP contribution in [0, 0.1) is 17.1 Å². The van der Waals surface area contributed by atoms with Gasteiger partial charge in [0.05, 0.1) is 11.6 Å². The average molecular weight is 320 g/mol. The van der Waals surface area contributed by atoms with E-state index in [1.54, 1.807) is 30.3 Å². The fraction of sp³-hybridized carbons (Fsp3) is 0.143. The Kier molecular flexibility index (Phi) is 4.13. The van der Waals surface area contributed by atoms with Crippen molar-refractivity contribution < 1.29 is 4.39 Å². The van der Waals surface area contributed by atoms with Gasteiger partial charge in [0, 0.05) is 24.3 Å². The molecule has 0 N–H and O–H groups in total. The van der Waals surface area contributed by atoms with Gasteiger partial charge < -0.3 is 4.90 Å². The normalized spacial score (nSPS) is 10.0. The van der Waals surface area contributed by atoms with Gasteiger partial charge in [-0.1, -0.05) is 12.1 Å². The largest absolute Gasteiger partial charge is 0.353 e. The number of aromatic nitrogens is 1. The van der Waals surface area contributed by atoms with Gasteiger partial charge in [0.1, 0.15) is 0 Å². The second-order valence-corrected chi connectivity index (χ2v) is 5.04. The van der Waals surface area contributed by atoms with Gasteiger partial charge in [-0.25, -0.2) is 9.37 Å². The molecule has 0 bridgehead atoms. The van der Waals surface area contributed by atoms with Crippen LogP contribution in [0.5, 0.6) is 0 Å². The number of halogens is 2. The molecule has 0 radical (unpaired) electrons. The van der Waals surface area contributed by atoms with Crippen LogP contribution in [-0.2, 0) is 6.54 Å². The SMILES string of the molecule is CN(Cc1cccc(C#N)c1)c1ncc(Br)cc1F. The van der Waals surface area contributed by atoms with E-state index in [4.69, 9.17) is 5.26 Å². The van der Waals surface area contributed by atoms with E-state index in [0.717, 1.165) is 5.56 Å². The maximum Gasteiger partial charge on any atom is 0.166 e. The highest BCUT2D eigenvalue weighted by Gasteiger charge is 2.10. The van der Waals surface area contributed by atoms with Crippen molar-refractivity contribution in [3.8, 4) is 6.07 Å². The molecule has 96 valence electrons. The number of hydrogen-bond acceptors (Lipinski definition) is 3. The molecule has 0 saturated carbocycles. The zero-order valence-corrected chi connectivity index (χ0v) is 11.9. The van der Waals surface area contributed by atoms with Crippen LogP contribution < -0.4 is 4.90 Å². The molecule has 0 aliphatic heterocycles. The summed E-state index contributed by atoms with van der Waals surface area (Å²) in [5.74, 6) is -0.0983. The van der Waals surface area contributed by atoms with Crippen LogP contribution in [0.1, 0.15) is 11.1 Å².